The number of benzene rings is 1. The maximum absolute atomic E-state index is 12.3. The standard InChI is InChI=1S/C13H16N4O2/c1-17(12(18)10-3-2-6-14-10)8-4-5-9-11(7-8)16-13(19)15-9/h4-5,7,10,14H,2-3,6H2,1H3,(H2,15,16,19). The first-order valence-electron chi connectivity index (χ1n) is 6.38. The second kappa shape index (κ2) is 4.55. The summed E-state index contributed by atoms with van der Waals surface area (Å²) in [7, 11) is 1.76. The maximum Gasteiger partial charge on any atom is 0.323 e. The van der Waals surface area contributed by atoms with Crippen molar-refractivity contribution >= 4 is 22.6 Å². The highest BCUT2D eigenvalue weighted by Gasteiger charge is 2.25. The quantitative estimate of drug-likeness (QED) is 0.738. The summed E-state index contributed by atoms with van der Waals surface area (Å²) < 4.78 is 0. The van der Waals surface area contributed by atoms with Crippen LogP contribution in [0.25, 0.3) is 11.0 Å². The number of nitrogens with one attached hydrogen (secondary N) is 3. The Labute approximate surface area is 109 Å². The van der Waals surface area contributed by atoms with Crippen LogP contribution in [0.4, 0.5) is 5.69 Å². The summed E-state index contributed by atoms with van der Waals surface area (Å²) in [4.78, 5) is 30.5. The first kappa shape index (κ1) is 12.0. The van der Waals surface area contributed by atoms with E-state index in [1.165, 1.54) is 0 Å². The lowest BCUT2D eigenvalue weighted by Crippen LogP contribution is -2.41. The van der Waals surface area contributed by atoms with E-state index in [4.69, 9.17) is 0 Å². The van der Waals surface area contributed by atoms with E-state index in [-0.39, 0.29) is 17.6 Å². The Balaban J connectivity index is 1.89. The molecular formula is C13H16N4O2. The van der Waals surface area contributed by atoms with Crippen molar-refractivity contribution in [3.05, 3.63) is 28.7 Å². The van der Waals surface area contributed by atoms with Gasteiger partial charge < -0.3 is 20.2 Å². The van der Waals surface area contributed by atoms with Crippen LogP contribution >= 0.6 is 0 Å². The number of carbonyl (C=O) groups is 1. The number of aromatic amines is 2. The summed E-state index contributed by atoms with van der Waals surface area (Å²) in [5.41, 5.74) is 2.00. The summed E-state index contributed by atoms with van der Waals surface area (Å²) >= 11 is 0. The number of carbonyl (C=O) groups excluding carboxylic acids is 1. The van der Waals surface area contributed by atoms with Crippen molar-refractivity contribution < 1.29 is 4.79 Å². The first-order chi connectivity index (χ1) is 9.15. The molecule has 2 heterocycles. The Morgan fingerprint density at radius 1 is 1.32 bits per heavy atom. The van der Waals surface area contributed by atoms with Crippen LogP contribution in [0.2, 0.25) is 0 Å². The van der Waals surface area contributed by atoms with Crippen LogP contribution in [0.1, 0.15) is 12.8 Å². The molecule has 3 N–H and O–H groups in total. The predicted molar refractivity (Wildman–Crippen MR) is 73.4 cm³/mol. The van der Waals surface area contributed by atoms with Crippen LogP contribution in [0.15, 0.2) is 23.0 Å². The van der Waals surface area contributed by atoms with Gasteiger partial charge in [-0.05, 0) is 37.6 Å². The van der Waals surface area contributed by atoms with Crippen molar-refractivity contribution in [2.24, 2.45) is 0 Å². The molecule has 1 saturated heterocycles. The molecule has 1 unspecified atom stereocenters. The highest BCUT2D eigenvalue weighted by Crippen LogP contribution is 2.20. The number of rotatable bonds is 2. The van der Waals surface area contributed by atoms with E-state index in [1.54, 1.807) is 24.1 Å². The van der Waals surface area contributed by atoms with E-state index >= 15 is 0 Å². The third-order valence-corrected chi connectivity index (χ3v) is 3.58. The fourth-order valence-corrected chi connectivity index (χ4v) is 2.49. The second-order valence-corrected chi connectivity index (χ2v) is 4.86. The molecule has 6 heteroatoms. The Kier molecular flexibility index (Phi) is 2.87. The van der Waals surface area contributed by atoms with Crippen LogP contribution in [0.3, 0.4) is 0 Å². The van der Waals surface area contributed by atoms with Crippen LogP contribution in [-0.2, 0) is 4.79 Å². The van der Waals surface area contributed by atoms with E-state index < -0.39 is 0 Å². The number of H-pyrrole nitrogens is 2. The van der Waals surface area contributed by atoms with Crippen molar-refractivity contribution in [3.63, 3.8) is 0 Å². The molecule has 1 aromatic carbocycles. The fourth-order valence-electron chi connectivity index (χ4n) is 2.49. The zero-order valence-corrected chi connectivity index (χ0v) is 10.7. The molecule has 1 atom stereocenters. The highest BCUT2D eigenvalue weighted by atomic mass is 16.2. The normalized spacial score (nSPS) is 18.9. The van der Waals surface area contributed by atoms with Gasteiger partial charge >= 0.3 is 5.69 Å². The molecule has 1 aromatic heterocycles. The summed E-state index contributed by atoms with van der Waals surface area (Å²) in [6, 6.07) is 5.35. The highest BCUT2D eigenvalue weighted by molar-refractivity contribution is 5.98. The number of imidazole rings is 1. The van der Waals surface area contributed by atoms with Crippen molar-refractivity contribution in [2.75, 3.05) is 18.5 Å². The SMILES string of the molecule is CN(C(=O)C1CCCN1)c1ccc2[nH]c(=O)[nH]c2c1. The summed E-state index contributed by atoms with van der Waals surface area (Å²) in [6.07, 6.45) is 1.92. The summed E-state index contributed by atoms with van der Waals surface area (Å²) in [5.74, 6) is 0.0646. The van der Waals surface area contributed by atoms with Gasteiger partial charge in [-0.1, -0.05) is 0 Å². The van der Waals surface area contributed by atoms with Crippen molar-refractivity contribution in [3.8, 4) is 0 Å². The smallest absolute Gasteiger partial charge is 0.314 e. The van der Waals surface area contributed by atoms with E-state index in [0.717, 1.165) is 30.6 Å². The number of aromatic nitrogens is 2. The molecule has 0 bridgehead atoms. The molecule has 1 amide bonds. The van der Waals surface area contributed by atoms with Gasteiger partial charge in [-0.3, -0.25) is 4.79 Å². The Morgan fingerprint density at radius 3 is 2.84 bits per heavy atom. The number of likely N-dealkylation sites (N-methyl/N-ethyl adjacent to an activating group) is 1. The van der Waals surface area contributed by atoms with Crippen molar-refractivity contribution in [2.45, 2.75) is 18.9 Å². The van der Waals surface area contributed by atoms with Gasteiger partial charge in [-0.2, -0.15) is 0 Å². The van der Waals surface area contributed by atoms with Gasteiger partial charge in [0.05, 0.1) is 17.1 Å². The Morgan fingerprint density at radius 2 is 2.11 bits per heavy atom. The number of fused-ring (bicyclic) bond motifs is 1. The minimum atomic E-state index is -0.237. The average Bonchev–Trinajstić information content (AvgIpc) is 3.03. The molecule has 0 saturated carbocycles. The van der Waals surface area contributed by atoms with Gasteiger partial charge in [0, 0.05) is 12.7 Å². The third-order valence-electron chi connectivity index (χ3n) is 3.58. The predicted octanol–water partition coefficient (Wildman–Crippen LogP) is 0.571. The van der Waals surface area contributed by atoms with Gasteiger partial charge in [0.1, 0.15) is 0 Å². The number of nitrogens with zero attached hydrogens (tertiary/aromatic N) is 1. The monoisotopic (exact) mass is 260 g/mol. The van der Waals surface area contributed by atoms with Crippen LogP contribution in [-0.4, -0.2) is 35.5 Å². The molecule has 6 nitrogen and oxygen atoms in total. The molecule has 19 heavy (non-hydrogen) atoms. The van der Waals surface area contributed by atoms with E-state index in [2.05, 4.69) is 15.3 Å². The van der Waals surface area contributed by atoms with Crippen LogP contribution < -0.4 is 15.9 Å². The molecule has 1 aliphatic rings. The first-order valence-corrected chi connectivity index (χ1v) is 6.38. The van der Waals surface area contributed by atoms with Gasteiger partial charge in [0.25, 0.3) is 0 Å². The molecule has 1 fully saturated rings. The van der Waals surface area contributed by atoms with Crippen LogP contribution in [0, 0.1) is 0 Å². The average molecular weight is 260 g/mol. The number of amides is 1. The zero-order valence-electron chi connectivity index (χ0n) is 10.7. The fraction of sp³-hybridized carbons (Fsp3) is 0.385. The molecule has 0 aliphatic carbocycles. The Hall–Kier alpha value is -2.08. The van der Waals surface area contributed by atoms with E-state index in [9.17, 15) is 9.59 Å². The zero-order chi connectivity index (χ0) is 13.4. The lowest BCUT2D eigenvalue weighted by molar-refractivity contribution is -0.119. The van der Waals surface area contributed by atoms with Gasteiger partial charge in [-0.25, -0.2) is 4.79 Å². The van der Waals surface area contributed by atoms with Crippen molar-refractivity contribution in [1.82, 2.24) is 15.3 Å². The molecule has 3 rings (SSSR count). The maximum atomic E-state index is 12.3. The second-order valence-electron chi connectivity index (χ2n) is 4.86. The van der Waals surface area contributed by atoms with Crippen molar-refractivity contribution in [1.29, 1.82) is 0 Å². The van der Waals surface area contributed by atoms with Gasteiger partial charge in [0.2, 0.25) is 5.91 Å². The molecule has 2 aromatic rings. The number of hydrogen-bond acceptors (Lipinski definition) is 3. The molecule has 0 radical (unpaired) electrons. The molecule has 0 spiro atoms. The minimum Gasteiger partial charge on any atom is -0.314 e. The summed E-state index contributed by atoms with van der Waals surface area (Å²) in [5, 5.41) is 3.19. The largest absolute Gasteiger partial charge is 0.323 e. The lowest BCUT2D eigenvalue weighted by Gasteiger charge is -2.21. The van der Waals surface area contributed by atoms with Gasteiger partial charge in [0.15, 0.2) is 0 Å². The summed E-state index contributed by atoms with van der Waals surface area (Å²) in [6.45, 7) is 0.897. The molecule has 1 aliphatic heterocycles. The van der Waals surface area contributed by atoms with Crippen LogP contribution in [0.5, 0.6) is 0 Å². The minimum absolute atomic E-state index is 0.0646. The topological polar surface area (TPSA) is 81.0 Å². The Bertz CT molecular complexity index is 667. The van der Waals surface area contributed by atoms with Gasteiger partial charge in [-0.15, -0.1) is 0 Å². The lowest BCUT2D eigenvalue weighted by atomic mass is 10.2. The number of hydrogen-bond donors (Lipinski definition) is 3. The molecule has 100 valence electrons. The third kappa shape index (κ3) is 2.15. The van der Waals surface area contributed by atoms with E-state index in [1.807, 2.05) is 6.07 Å². The van der Waals surface area contributed by atoms with E-state index in [0.29, 0.717) is 5.52 Å². The number of anilines is 1. The molecular weight excluding hydrogens is 244 g/mol.